The number of hydrogen-bond acceptors (Lipinski definition) is 4. The molecule has 0 aromatic carbocycles. The van der Waals surface area contributed by atoms with Gasteiger partial charge >= 0.3 is 5.97 Å². The summed E-state index contributed by atoms with van der Waals surface area (Å²) in [5.41, 5.74) is 0.184. The van der Waals surface area contributed by atoms with E-state index in [0.717, 1.165) is 24.5 Å². The summed E-state index contributed by atoms with van der Waals surface area (Å²) in [6.07, 6.45) is 2.11. The van der Waals surface area contributed by atoms with Crippen molar-refractivity contribution in [2.45, 2.75) is 32.7 Å². The fraction of sp³-hybridized carbons (Fsp3) is 0.667. The smallest absolute Gasteiger partial charge is 0.355 e. The first-order chi connectivity index (χ1) is 8.06. The normalized spacial score (nSPS) is 21.2. The quantitative estimate of drug-likeness (QED) is 0.894. The van der Waals surface area contributed by atoms with E-state index in [1.807, 2.05) is 0 Å². The lowest BCUT2D eigenvalue weighted by Crippen LogP contribution is -2.28. The highest BCUT2D eigenvalue weighted by atomic mass is 32.1. The lowest BCUT2D eigenvalue weighted by atomic mass is 10.1. The molecule has 0 amide bonds. The fourth-order valence-corrected chi connectivity index (χ4v) is 3.13. The number of thiazole rings is 1. The summed E-state index contributed by atoms with van der Waals surface area (Å²) in [5, 5.41) is 11.4. The van der Waals surface area contributed by atoms with Crippen LogP contribution in [0.3, 0.4) is 0 Å². The highest BCUT2D eigenvalue weighted by Crippen LogP contribution is 2.23. The third-order valence-corrected chi connectivity index (χ3v) is 4.15. The van der Waals surface area contributed by atoms with Crippen LogP contribution in [0, 0.1) is 5.92 Å². The molecular weight excluding hydrogens is 236 g/mol. The number of carboxylic acids is 1. The Labute approximate surface area is 105 Å². The average molecular weight is 254 g/mol. The summed E-state index contributed by atoms with van der Waals surface area (Å²) in [5.74, 6) is -0.298. The van der Waals surface area contributed by atoms with Crippen molar-refractivity contribution in [2.75, 3.05) is 13.1 Å². The molecule has 0 radical (unpaired) electrons. The van der Waals surface area contributed by atoms with Gasteiger partial charge in [-0.05, 0) is 32.7 Å². The first-order valence-electron chi connectivity index (χ1n) is 5.98. The first kappa shape index (κ1) is 12.5. The second-order valence-corrected chi connectivity index (χ2v) is 5.82. The summed E-state index contributed by atoms with van der Waals surface area (Å²) in [4.78, 5) is 17.3. The molecule has 1 atom stereocenters. The van der Waals surface area contributed by atoms with E-state index < -0.39 is 5.97 Å². The van der Waals surface area contributed by atoms with Crippen molar-refractivity contribution < 1.29 is 9.90 Å². The lowest BCUT2D eigenvalue weighted by Gasteiger charge is -2.19. The van der Waals surface area contributed by atoms with Gasteiger partial charge < -0.3 is 10.0 Å². The number of likely N-dealkylation sites (tertiary alicyclic amines) is 1. The molecule has 1 saturated heterocycles. The molecule has 1 fully saturated rings. The molecule has 4 nitrogen and oxygen atoms in total. The van der Waals surface area contributed by atoms with E-state index in [0.29, 0.717) is 12.0 Å². The summed E-state index contributed by atoms with van der Waals surface area (Å²) in [7, 11) is 0. The second-order valence-electron chi connectivity index (χ2n) is 4.88. The number of aromatic carboxylic acids is 1. The topological polar surface area (TPSA) is 53.4 Å². The van der Waals surface area contributed by atoms with E-state index in [-0.39, 0.29) is 5.69 Å². The molecular formula is C12H18N2O2S. The molecule has 17 heavy (non-hydrogen) atoms. The fourth-order valence-electron chi connectivity index (χ4n) is 2.25. The number of hydrogen-bond donors (Lipinski definition) is 1. The van der Waals surface area contributed by atoms with Gasteiger partial charge in [-0.3, -0.25) is 0 Å². The van der Waals surface area contributed by atoms with E-state index in [1.54, 1.807) is 5.38 Å². The van der Waals surface area contributed by atoms with Gasteiger partial charge in [0.05, 0.1) is 5.01 Å². The standard InChI is InChI=1S/C12H18N2O2S/c1-8(2)14-4-3-9(6-14)5-11-13-10(7-17-11)12(15)16/h7-9H,3-6H2,1-2H3,(H,15,16). The van der Waals surface area contributed by atoms with E-state index >= 15 is 0 Å². The minimum Gasteiger partial charge on any atom is -0.476 e. The molecule has 1 aliphatic rings. The molecule has 1 N–H and O–H groups in total. The highest BCUT2D eigenvalue weighted by Gasteiger charge is 2.25. The highest BCUT2D eigenvalue weighted by molar-refractivity contribution is 7.09. The number of aromatic nitrogens is 1. The number of nitrogens with zero attached hydrogens (tertiary/aromatic N) is 2. The Kier molecular flexibility index (Phi) is 3.79. The molecule has 0 bridgehead atoms. The predicted octanol–water partition coefficient (Wildman–Crippen LogP) is 2.11. The Morgan fingerprint density at radius 1 is 1.71 bits per heavy atom. The maximum absolute atomic E-state index is 10.7. The predicted molar refractivity (Wildman–Crippen MR) is 67.6 cm³/mol. The zero-order valence-corrected chi connectivity index (χ0v) is 11.0. The van der Waals surface area contributed by atoms with Gasteiger partial charge in [-0.1, -0.05) is 0 Å². The van der Waals surface area contributed by atoms with Crippen molar-refractivity contribution in [1.82, 2.24) is 9.88 Å². The van der Waals surface area contributed by atoms with Gasteiger partial charge in [0, 0.05) is 24.4 Å². The van der Waals surface area contributed by atoms with Crippen molar-refractivity contribution in [2.24, 2.45) is 5.92 Å². The summed E-state index contributed by atoms with van der Waals surface area (Å²) in [6, 6.07) is 0.603. The SMILES string of the molecule is CC(C)N1CCC(Cc2nc(C(=O)O)cs2)C1. The van der Waals surface area contributed by atoms with Gasteiger partial charge in [0.1, 0.15) is 0 Å². The zero-order valence-electron chi connectivity index (χ0n) is 10.2. The molecule has 0 aliphatic carbocycles. The average Bonchev–Trinajstić information content (AvgIpc) is 2.87. The van der Waals surface area contributed by atoms with Crippen LogP contribution in [0.25, 0.3) is 0 Å². The Hall–Kier alpha value is -0.940. The Bertz CT molecular complexity index is 403. The van der Waals surface area contributed by atoms with E-state index in [9.17, 15) is 4.79 Å². The van der Waals surface area contributed by atoms with Crippen LogP contribution in [0.2, 0.25) is 0 Å². The van der Waals surface area contributed by atoms with Crippen molar-refractivity contribution in [3.05, 3.63) is 16.1 Å². The van der Waals surface area contributed by atoms with Crippen LogP contribution < -0.4 is 0 Å². The van der Waals surface area contributed by atoms with E-state index in [2.05, 4.69) is 23.7 Å². The molecule has 1 aromatic rings. The minimum absolute atomic E-state index is 0.184. The van der Waals surface area contributed by atoms with Crippen LogP contribution in [0.5, 0.6) is 0 Å². The van der Waals surface area contributed by atoms with Gasteiger partial charge in [0.2, 0.25) is 0 Å². The Balaban J connectivity index is 1.91. The Morgan fingerprint density at radius 3 is 3.00 bits per heavy atom. The van der Waals surface area contributed by atoms with Gasteiger partial charge in [0.15, 0.2) is 5.69 Å². The van der Waals surface area contributed by atoms with Crippen molar-refractivity contribution >= 4 is 17.3 Å². The van der Waals surface area contributed by atoms with Crippen LogP contribution in [0.15, 0.2) is 5.38 Å². The molecule has 1 aromatic heterocycles. The molecule has 94 valence electrons. The molecule has 1 aliphatic heterocycles. The maximum Gasteiger partial charge on any atom is 0.355 e. The van der Waals surface area contributed by atoms with Gasteiger partial charge in [0.25, 0.3) is 0 Å². The summed E-state index contributed by atoms with van der Waals surface area (Å²) in [6.45, 7) is 6.70. The van der Waals surface area contributed by atoms with Crippen LogP contribution in [0.4, 0.5) is 0 Å². The van der Waals surface area contributed by atoms with Gasteiger partial charge in [-0.2, -0.15) is 0 Å². The van der Waals surface area contributed by atoms with Crippen LogP contribution in [0.1, 0.15) is 35.8 Å². The van der Waals surface area contributed by atoms with Crippen molar-refractivity contribution in [1.29, 1.82) is 0 Å². The number of carboxylic acid groups (broad SMARTS) is 1. The number of rotatable bonds is 4. The van der Waals surface area contributed by atoms with E-state index in [1.165, 1.54) is 17.8 Å². The van der Waals surface area contributed by atoms with Crippen LogP contribution >= 0.6 is 11.3 Å². The molecule has 5 heteroatoms. The second kappa shape index (κ2) is 5.14. The third-order valence-electron chi connectivity index (χ3n) is 3.28. The van der Waals surface area contributed by atoms with Crippen molar-refractivity contribution in [3.63, 3.8) is 0 Å². The number of carbonyl (C=O) groups is 1. The van der Waals surface area contributed by atoms with Crippen LogP contribution in [-0.2, 0) is 6.42 Å². The third kappa shape index (κ3) is 3.04. The monoisotopic (exact) mass is 254 g/mol. The summed E-state index contributed by atoms with van der Waals surface area (Å²) >= 11 is 1.46. The molecule has 0 saturated carbocycles. The molecule has 1 unspecified atom stereocenters. The largest absolute Gasteiger partial charge is 0.476 e. The molecule has 2 heterocycles. The molecule has 0 spiro atoms. The van der Waals surface area contributed by atoms with Gasteiger partial charge in [-0.25, -0.2) is 9.78 Å². The first-order valence-corrected chi connectivity index (χ1v) is 6.86. The van der Waals surface area contributed by atoms with E-state index in [4.69, 9.17) is 5.11 Å². The Morgan fingerprint density at radius 2 is 2.47 bits per heavy atom. The lowest BCUT2D eigenvalue weighted by molar-refractivity contribution is 0.0691. The van der Waals surface area contributed by atoms with Gasteiger partial charge in [-0.15, -0.1) is 11.3 Å². The zero-order chi connectivity index (χ0) is 12.4. The van der Waals surface area contributed by atoms with Crippen molar-refractivity contribution in [3.8, 4) is 0 Å². The maximum atomic E-state index is 10.7. The minimum atomic E-state index is -0.928. The van der Waals surface area contributed by atoms with Crippen LogP contribution in [-0.4, -0.2) is 40.1 Å². The summed E-state index contributed by atoms with van der Waals surface area (Å²) < 4.78 is 0. The molecule has 2 rings (SSSR count).